The summed E-state index contributed by atoms with van der Waals surface area (Å²) in [7, 11) is -8.95. The van der Waals surface area contributed by atoms with Crippen molar-refractivity contribution < 1.29 is 25.9 Å². The first kappa shape index (κ1) is 14.5. The monoisotopic (exact) mass is 318 g/mol. The Kier molecular flexibility index (Phi) is 3.13. The summed E-state index contributed by atoms with van der Waals surface area (Å²) < 4.78 is 62.3. The van der Waals surface area contributed by atoms with Crippen molar-refractivity contribution in [1.29, 1.82) is 0 Å². The summed E-state index contributed by atoms with van der Waals surface area (Å²) in [5, 5.41) is 0.287. The molecule has 10 heteroatoms. The molecule has 0 atom stereocenters. The Morgan fingerprint density at radius 2 is 1.00 bits per heavy atom. The van der Waals surface area contributed by atoms with Gasteiger partial charge in [0.2, 0.25) is 0 Å². The van der Waals surface area contributed by atoms with Gasteiger partial charge in [-0.25, -0.2) is 0 Å². The molecule has 2 aromatic carbocycles. The Morgan fingerprint density at radius 3 is 1.25 bits per heavy atom. The summed E-state index contributed by atoms with van der Waals surface area (Å²) in [4.78, 5) is -0.928. The lowest BCUT2D eigenvalue weighted by Gasteiger charge is -2.09. The lowest BCUT2D eigenvalue weighted by molar-refractivity contribution is 0.481. The molecule has 0 heterocycles. The van der Waals surface area contributed by atoms with Crippen molar-refractivity contribution in [3.8, 4) is 0 Å². The SMILES string of the molecule is Nc1cc(S(=O)(=O)O)cc2c(N)cc(S(=O)(=O)O)cc12. The number of rotatable bonds is 2. The molecular weight excluding hydrogens is 308 g/mol. The zero-order chi connectivity index (χ0) is 15.3. The summed E-state index contributed by atoms with van der Waals surface area (Å²) in [5.74, 6) is 0. The van der Waals surface area contributed by atoms with Crippen molar-refractivity contribution in [3.63, 3.8) is 0 Å². The lowest BCUT2D eigenvalue weighted by Crippen LogP contribution is -2.03. The van der Waals surface area contributed by atoms with E-state index < -0.39 is 30.0 Å². The third-order valence-corrected chi connectivity index (χ3v) is 4.34. The van der Waals surface area contributed by atoms with Gasteiger partial charge in [-0.1, -0.05) is 0 Å². The predicted molar refractivity (Wildman–Crippen MR) is 72.4 cm³/mol. The molecule has 8 nitrogen and oxygen atoms in total. The van der Waals surface area contributed by atoms with E-state index in [1.54, 1.807) is 0 Å². The van der Waals surface area contributed by atoms with Crippen LogP contribution in [0.25, 0.3) is 10.8 Å². The maximum atomic E-state index is 11.1. The highest BCUT2D eigenvalue weighted by atomic mass is 32.2. The molecule has 0 saturated heterocycles. The highest BCUT2D eigenvalue weighted by Gasteiger charge is 2.17. The van der Waals surface area contributed by atoms with Gasteiger partial charge >= 0.3 is 0 Å². The first-order valence-corrected chi connectivity index (χ1v) is 7.96. The van der Waals surface area contributed by atoms with E-state index in [1.807, 2.05) is 0 Å². The van der Waals surface area contributed by atoms with Gasteiger partial charge in [-0.15, -0.1) is 0 Å². The molecule has 0 aliphatic heterocycles. The van der Waals surface area contributed by atoms with Crippen LogP contribution in [-0.4, -0.2) is 25.9 Å². The highest BCUT2D eigenvalue weighted by molar-refractivity contribution is 7.86. The van der Waals surface area contributed by atoms with Crippen molar-refractivity contribution in [1.82, 2.24) is 0 Å². The molecule has 0 spiro atoms. The van der Waals surface area contributed by atoms with Crippen LogP contribution in [0.1, 0.15) is 0 Å². The normalized spacial score (nSPS) is 12.7. The number of benzene rings is 2. The zero-order valence-electron chi connectivity index (χ0n) is 9.81. The van der Waals surface area contributed by atoms with E-state index in [9.17, 15) is 16.8 Å². The van der Waals surface area contributed by atoms with Crippen molar-refractivity contribution in [2.75, 3.05) is 11.5 Å². The summed E-state index contributed by atoms with van der Waals surface area (Å²) in [6.07, 6.45) is 0. The highest BCUT2D eigenvalue weighted by Crippen LogP contribution is 2.32. The minimum atomic E-state index is -4.48. The fourth-order valence-electron chi connectivity index (χ4n) is 1.76. The molecule has 0 saturated carbocycles. The van der Waals surface area contributed by atoms with Crippen molar-refractivity contribution in [3.05, 3.63) is 24.3 Å². The summed E-state index contributed by atoms with van der Waals surface area (Å²) in [5.41, 5.74) is 11.0. The molecule has 0 amide bonds. The fourth-order valence-corrected chi connectivity index (χ4v) is 2.85. The molecule has 2 rings (SSSR count). The molecule has 0 aliphatic rings. The molecule has 6 N–H and O–H groups in total. The van der Waals surface area contributed by atoms with Gasteiger partial charge in [0.25, 0.3) is 20.2 Å². The van der Waals surface area contributed by atoms with Crippen molar-refractivity contribution >= 4 is 42.4 Å². The smallest absolute Gasteiger partial charge is 0.294 e. The largest absolute Gasteiger partial charge is 0.398 e. The second kappa shape index (κ2) is 4.31. The predicted octanol–water partition coefficient (Wildman–Crippen LogP) is 0.498. The van der Waals surface area contributed by atoms with Crippen molar-refractivity contribution in [2.24, 2.45) is 0 Å². The number of fused-ring (bicyclic) bond motifs is 1. The third kappa shape index (κ3) is 2.54. The minimum absolute atomic E-state index is 0.104. The van der Waals surface area contributed by atoms with Gasteiger partial charge < -0.3 is 11.5 Å². The first-order chi connectivity index (χ1) is 9.00. The molecule has 0 aliphatic carbocycles. The third-order valence-electron chi connectivity index (χ3n) is 2.68. The Labute approximate surface area is 114 Å². The van der Waals surface area contributed by atoms with Gasteiger partial charge in [0, 0.05) is 22.1 Å². The average molecular weight is 318 g/mol. The van der Waals surface area contributed by atoms with Crippen LogP contribution in [0.15, 0.2) is 34.1 Å². The summed E-state index contributed by atoms with van der Waals surface area (Å²) >= 11 is 0. The van der Waals surface area contributed by atoms with E-state index >= 15 is 0 Å². The average Bonchev–Trinajstić information content (AvgIpc) is 2.27. The molecule has 0 aromatic heterocycles. The Morgan fingerprint density at radius 1 is 0.700 bits per heavy atom. The Bertz CT molecular complexity index is 841. The Hall–Kier alpha value is -1.88. The van der Waals surface area contributed by atoms with Crippen LogP contribution in [-0.2, 0) is 20.2 Å². The van der Waals surface area contributed by atoms with E-state index in [0.29, 0.717) is 0 Å². The van der Waals surface area contributed by atoms with Crippen molar-refractivity contribution in [2.45, 2.75) is 9.79 Å². The molecule has 2 aromatic rings. The molecule has 0 bridgehead atoms. The minimum Gasteiger partial charge on any atom is -0.398 e. The van der Waals surface area contributed by atoms with E-state index in [1.165, 1.54) is 0 Å². The molecule has 108 valence electrons. The van der Waals surface area contributed by atoms with Crippen LogP contribution in [0.5, 0.6) is 0 Å². The number of nitrogens with two attached hydrogens (primary N) is 2. The standard InChI is InChI=1S/C10H10N2O6S2/c11-9-4-6(20(16,17)18)2-8-7(9)1-5(3-10(8)12)19(13,14)15/h1-4H,11-12H2,(H,13,14,15)(H,16,17,18). The van der Waals surface area contributed by atoms with E-state index in [-0.39, 0.29) is 22.1 Å². The van der Waals surface area contributed by atoms with Crippen LogP contribution in [0.3, 0.4) is 0 Å². The maximum absolute atomic E-state index is 11.1. The fraction of sp³-hybridized carbons (Fsp3) is 0. The van der Waals surface area contributed by atoms with Gasteiger partial charge in [0.05, 0.1) is 9.79 Å². The van der Waals surface area contributed by atoms with Gasteiger partial charge in [-0.05, 0) is 24.3 Å². The maximum Gasteiger partial charge on any atom is 0.294 e. The van der Waals surface area contributed by atoms with Gasteiger partial charge in [0.15, 0.2) is 0 Å². The van der Waals surface area contributed by atoms with Crippen LogP contribution < -0.4 is 11.5 Å². The topological polar surface area (TPSA) is 161 Å². The number of hydrogen-bond acceptors (Lipinski definition) is 6. The zero-order valence-corrected chi connectivity index (χ0v) is 11.4. The summed E-state index contributed by atoms with van der Waals surface area (Å²) in [6.45, 7) is 0. The molecule has 0 radical (unpaired) electrons. The van der Waals surface area contributed by atoms with Crippen LogP contribution in [0, 0.1) is 0 Å². The number of nitrogen functional groups attached to an aromatic ring is 2. The van der Waals surface area contributed by atoms with Gasteiger partial charge in [0.1, 0.15) is 0 Å². The van der Waals surface area contributed by atoms with E-state index in [0.717, 1.165) is 24.3 Å². The van der Waals surface area contributed by atoms with Gasteiger partial charge in [-0.2, -0.15) is 16.8 Å². The summed E-state index contributed by atoms with van der Waals surface area (Å²) in [6, 6.07) is 4.05. The quantitative estimate of drug-likeness (QED) is 0.459. The second-order valence-corrected chi connectivity index (χ2v) is 6.91. The number of anilines is 2. The molecule has 0 fully saturated rings. The van der Waals surface area contributed by atoms with Crippen LogP contribution in [0.4, 0.5) is 11.4 Å². The van der Waals surface area contributed by atoms with Gasteiger partial charge in [-0.3, -0.25) is 9.11 Å². The van der Waals surface area contributed by atoms with Crippen LogP contribution in [0.2, 0.25) is 0 Å². The lowest BCUT2D eigenvalue weighted by atomic mass is 10.1. The molecule has 0 unspecified atom stereocenters. The number of hydrogen-bond donors (Lipinski definition) is 4. The first-order valence-electron chi connectivity index (χ1n) is 5.08. The van der Waals surface area contributed by atoms with E-state index in [2.05, 4.69) is 0 Å². The molecule has 20 heavy (non-hydrogen) atoms. The van der Waals surface area contributed by atoms with Crippen LogP contribution >= 0.6 is 0 Å². The van der Waals surface area contributed by atoms with E-state index in [4.69, 9.17) is 20.6 Å². The second-order valence-electron chi connectivity index (χ2n) is 4.07. The molecular formula is C10H10N2O6S2. The Balaban J connectivity index is 2.93.